The summed E-state index contributed by atoms with van der Waals surface area (Å²) < 4.78 is 0. The number of aliphatic imine (C=N–C) groups is 1. The molecule has 574 valence electrons. The van der Waals surface area contributed by atoms with E-state index in [0.29, 0.717) is 13.0 Å². The number of nitrogens with zero attached hydrogens (tertiary/aromatic N) is 3. The summed E-state index contributed by atoms with van der Waals surface area (Å²) >= 11 is 0. The summed E-state index contributed by atoms with van der Waals surface area (Å²) in [5.41, 5.74) is 16.7. The van der Waals surface area contributed by atoms with E-state index in [1.165, 1.54) is 6.92 Å². The number of aliphatic hydroxyl groups excluding tert-OH is 5. The van der Waals surface area contributed by atoms with Crippen LogP contribution in [0, 0.1) is 5.92 Å². The largest absolute Gasteiger partial charge is 0.481 e. The quantitative estimate of drug-likeness (QED) is 0.0153. The Labute approximate surface area is 585 Å². The molecule has 102 heavy (non-hydrogen) atoms. The summed E-state index contributed by atoms with van der Waals surface area (Å²) in [6.07, 6.45) is -1.36. The fourth-order valence-corrected chi connectivity index (χ4v) is 11.1. The lowest BCUT2D eigenvalue weighted by molar-refractivity contribution is -0.144. The molecule has 0 bridgehead atoms. The first kappa shape index (κ1) is 86.7. The van der Waals surface area contributed by atoms with Gasteiger partial charge in [-0.1, -0.05) is 13.8 Å². The van der Waals surface area contributed by atoms with Crippen molar-refractivity contribution >= 4 is 101 Å². The molecule has 0 radical (unpaired) electrons. The predicted octanol–water partition coefficient (Wildman–Crippen LogP) is -11.3. The van der Waals surface area contributed by atoms with Crippen LogP contribution in [-0.4, -0.2) is 302 Å². The van der Waals surface area contributed by atoms with Crippen LogP contribution in [-0.2, 0) is 76.7 Å². The number of nitrogens with two attached hydrogens (primary N) is 3. The van der Waals surface area contributed by atoms with Crippen LogP contribution in [0.2, 0.25) is 0 Å². The maximum Gasteiger partial charge on any atom is 0.328 e. The fourth-order valence-electron chi connectivity index (χ4n) is 11.1. The van der Waals surface area contributed by atoms with Crippen molar-refractivity contribution in [1.29, 1.82) is 0 Å². The Morgan fingerprint density at radius 2 is 0.833 bits per heavy atom. The Bertz CT molecular complexity index is 2970. The summed E-state index contributed by atoms with van der Waals surface area (Å²) in [6.45, 7) is -0.412. The van der Waals surface area contributed by atoms with Crippen LogP contribution in [0.3, 0.4) is 0 Å². The molecular weight excluding hydrogens is 1360 g/mol. The van der Waals surface area contributed by atoms with E-state index >= 15 is 0 Å². The van der Waals surface area contributed by atoms with Crippen molar-refractivity contribution in [3.63, 3.8) is 0 Å². The number of carboxylic acids is 3. The second-order valence-electron chi connectivity index (χ2n) is 24.9. The number of carbonyl (C=O) groups is 16. The SMILES string of the molecule is CC(C)[C@H](NC(=O)[C@@H]1CCCN1)C(=O)N[C@@H](CO)C(=O)N[C@@H](CCCN=C(N)N)C(=O)N[C@@H](CCC(=O)O)C(=O)N[C@@H](CCC(=O)O)C(=O)N[C@@H](CCCCN)C(=O)N1CCC[C@H]1C(=O)N[C@@H](CO)C(=O)N[C@@H](CO)C(=O)N[C@@H](C)C(=O)N1CCC[C@H]1C(=O)N[C@@H](CO)C(=O)N[C@@H](CO)C(=O)O. The molecule has 13 amide bonds. The molecule has 26 N–H and O–H groups in total. The van der Waals surface area contributed by atoms with Gasteiger partial charge in [0.25, 0.3) is 0 Å². The number of amides is 13. The monoisotopic (exact) mass is 1460 g/mol. The number of hydrogen-bond donors (Lipinski definition) is 23. The van der Waals surface area contributed by atoms with Crippen LogP contribution < -0.4 is 81.0 Å². The second kappa shape index (κ2) is 44.0. The highest BCUT2D eigenvalue weighted by molar-refractivity contribution is 6.00. The third-order valence-corrected chi connectivity index (χ3v) is 16.8. The van der Waals surface area contributed by atoms with E-state index in [0.717, 1.165) is 16.2 Å². The molecule has 42 heteroatoms. The lowest BCUT2D eigenvalue weighted by atomic mass is 10.0. The molecule has 3 heterocycles. The highest BCUT2D eigenvalue weighted by atomic mass is 16.4. The van der Waals surface area contributed by atoms with Crippen LogP contribution in [0.15, 0.2) is 4.99 Å². The molecule has 3 rings (SSSR count). The number of guanidine groups is 1. The van der Waals surface area contributed by atoms with E-state index in [-0.39, 0.29) is 89.9 Å². The standard InChI is InChI=1S/C60H100N18O24/c1-29(2)45(76-46(88)31-11-6-20-64-31)56(98)74-39(27-82)51(93)67-32(12-7-21-65-60(62)63)47(89)68-33(15-17-43(84)85)48(90)69-34(16-18-44(86)87)49(91)70-35(10-4-5-19-61)58(100)78-23-9-14-42(78)55(97)72-37(25-80)52(94)71-36(24-79)50(92)66-30(3)57(99)77-22-8-13-41(77)54(96)73-38(26-81)53(95)75-40(28-83)59(101)102/h29-42,45,64,79-83H,4-28,61H2,1-3H3,(H,66,92)(H,67,93)(H,68,89)(H,69,90)(H,70,91)(H,71,94)(H,72,97)(H,73,96)(H,74,98)(H,75,95)(H,76,88)(H,84,85)(H,86,87)(H,101,102)(H4,62,63,65)/t30-,31-,32-,33-,34-,35-,36-,37-,38-,39-,40-,41-,42-,45-/m0/s1. The minimum Gasteiger partial charge on any atom is -0.481 e. The topological polar surface area (TPSA) is 676 Å². The number of carbonyl (C=O) groups excluding carboxylic acids is 13. The number of unbranched alkanes of at least 4 members (excludes halogenated alkanes) is 1. The molecule has 3 fully saturated rings. The molecule has 0 spiro atoms. The zero-order valence-corrected chi connectivity index (χ0v) is 57.0. The Hall–Kier alpha value is -9.49. The molecule has 0 aromatic carbocycles. The van der Waals surface area contributed by atoms with Gasteiger partial charge in [-0.05, 0) is 109 Å². The van der Waals surface area contributed by atoms with E-state index < -0.39 is 244 Å². The molecule has 0 aromatic rings. The van der Waals surface area contributed by atoms with Crippen molar-refractivity contribution in [3.8, 4) is 0 Å². The van der Waals surface area contributed by atoms with E-state index in [2.05, 4.69) is 63.5 Å². The van der Waals surface area contributed by atoms with E-state index in [9.17, 15) is 112 Å². The van der Waals surface area contributed by atoms with Gasteiger partial charge in [0.2, 0.25) is 76.8 Å². The Kier molecular flexibility index (Phi) is 37.4. The van der Waals surface area contributed by atoms with Gasteiger partial charge in [0.1, 0.15) is 78.5 Å². The Morgan fingerprint density at radius 1 is 0.441 bits per heavy atom. The first-order valence-corrected chi connectivity index (χ1v) is 33.4. The number of nitrogens with one attached hydrogen (secondary N) is 12. The molecule has 42 nitrogen and oxygen atoms in total. The van der Waals surface area contributed by atoms with Gasteiger partial charge in [0, 0.05) is 32.5 Å². The van der Waals surface area contributed by atoms with Crippen molar-refractivity contribution in [2.45, 2.75) is 202 Å². The maximum absolute atomic E-state index is 14.6. The fraction of sp³-hybridized carbons (Fsp3) is 0.717. The van der Waals surface area contributed by atoms with E-state index in [1.807, 2.05) is 5.32 Å². The van der Waals surface area contributed by atoms with Crippen molar-refractivity contribution in [1.82, 2.24) is 73.6 Å². The Balaban J connectivity index is 1.80. The van der Waals surface area contributed by atoms with Crippen molar-refractivity contribution in [2.75, 3.05) is 65.8 Å². The average Bonchev–Trinajstić information content (AvgIpc) is 1.62. The van der Waals surface area contributed by atoms with Gasteiger partial charge >= 0.3 is 17.9 Å². The maximum atomic E-state index is 14.6. The summed E-state index contributed by atoms with van der Waals surface area (Å²) in [7, 11) is 0. The molecule has 0 saturated carbocycles. The molecule has 3 aliphatic rings. The summed E-state index contributed by atoms with van der Waals surface area (Å²) in [6, 6.07) is -21.7. The summed E-state index contributed by atoms with van der Waals surface area (Å²) in [5.74, 6) is -18.7. The molecule has 0 unspecified atom stereocenters. The first-order chi connectivity index (χ1) is 48.3. The van der Waals surface area contributed by atoms with Gasteiger partial charge in [0.15, 0.2) is 5.96 Å². The number of aliphatic carboxylic acids is 3. The summed E-state index contributed by atoms with van der Waals surface area (Å²) in [5, 5.41) is 107. The Morgan fingerprint density at radius 3 is 1.25 bits per heavy atom. The van der Waals surface area contributed by atoms with Crippen molar-refractivity contribution in [2.24, 2.45) is 28.1 Å². The van der Waals surface area contributed by atoms with Gasteiger partial charge in [-0.15, -0.1) is 0 Å². The average molecular weight is 1460 g/mol. The first-order valence-electron chi connectivity index (χ1n) is 33.4. The smallest absolute Gasteiger partial charge is 0.328 e. The minimum absolute atomic E-state index is 0.0321. The highest BCUT2D eigenvalue weighted by Gasteiger charge is 2.43. The third kappa shape index (κ3) is 27.8. The third-order valence-electron chi connectivity index (χ3n) is 16.8. The van der Waals surface area contributed by atoms with Crippen LogP contribution >= 0.6 is 0 Å². The number of hydrogen-bond acceptors (Lipinski definition) is 24. The van der Waals surface area contributed by atoms with Gasteiger partial charge in [0.05, 0.1) is 39.1 Å². The minimum atomic E-state index is -1.87. The van der Waals surface area contributed by atoms with Gasteiger partial charge in [-0.2, -0.15) is 0 Å². The van der Waals surface area contributed by atoms with Crippen LogP contribution in [0.5, 0.6) is 0 Å². The number of carboxylic acid groups (broad SMARTS) is 3. The molecule has 0 aromatic heterocycles. The zero-order chi connectivity index (χ0) is 76.5. The predicted molar refractivity (Wildman–Crippen MR) is 352 cm³/mol. The van der Waals surface area contributed by atoms with Crippen LogP contribution in [0.1, 0.15) is 117 Å². The van der Waals surface area contributed by atoms with Crippen molar-refractivity contribution < 1.29 is 118 Å². The zero-order valence-electron chi connectivity index (χ0n) is 57.0. The molecule has 0 aliphatic carbocycles. The van der Waals surface area contributed by atoms with E-state index in [1.54, 1.807) is 13.8 Å². The lowest BCUT2D eigenvalue weighted by Crippen LogP contribution is -2.61. The number of aliphatic hydroxyl groups is 5. The highest BCUT2D eigenvalue weighted by Crippen LogP contribution is 2.22. The lowest BCUT2D eigenvalue weighted by Gasteiger charge is -2.31. The molecule has 3 aliphatic heterocycles. The van der Waals surface area contributed by atoms with Gasteiger partial charge in [-0.25, -0.2) is 4.79 Å². The van der Waals surface area contributed by atoms with Crippen molar-refractivity contribution in [3.05, 3.63) is 0 Å². The summed E-state index contributed by atoms with van der Waals surface area (Å²) in [4.78, 5) is 219. The molecule has 3 saturated heterocycles. The normalized spacial score (nSPS) is 18.8. The van der Waals surface area contributed by atoms with Gasteiger partial charge in [-0.3, -0.25) is 76.9 Å². The molecule has 14 atom stereocenters. The van der Waals surface area contributed by atoms with E-state index in [4.69, 9.17) is 22.3 Å². The van der Waals surface area contributed by atoms with Crippen LogP contribution in [0.4, 0.5) is 0 Å². The second-order valence-corrected chi connectivity index (χ2v) is 24.9. The van der Waals surface area contributed by atoms with Crippen LogP contribution in [0.25, 0.3) is 0 Å². The molecular formula is C60H100N18O24. The number of rotatable bonds is 45. The number of likely N-dealkylation sites (tertiary alicyclic amines) is 2. The van der Waals surface area contributed by atoms with Gasteiger partial charge < -0.3 is 132 Å².